The molecule has 8 rings (SSSR count). The first-order valence-electron chi connectivity index (χ1n) is 13.9. The zero-order chi connectivity index (χ0) is 26.0. The van der Waals surface area contributed by atoms with Crippen molar-refractivity contribution in [2.75, 3.05) is 12.8 Å². The van der Waals surface area contributed by atoms with E-state index in [4.69, 9.17) is 22.3 Å². The molecule has 4 aromatic rings. The van der Waals surface area contributed by atoms with Gasteiger partial charge in [-0.15, -0.1) is 0 Å². The Labute approximate surface area is 229 Å². The summed E-state index contributed by atoms with van der Waals surface area (Å²) in [6, 6.07) is 34.1. The van der Waals surface area contributed by atoms with Crippen LogP contribution in [0.4, 0.5) is 0 Å². The molecule has 4 aromatic carbocycles. The zero-order valence-corrected chi connectivity index (χ0v) is 23.8. The van der Waals surface area contributed by atoms with E-state index in [9.17, 15) is 0 Å². The van der Waals surface area contributed by atoms with Crippen LogP contribution in [0.3, 0.4) is 0 Å². The zero-order valence-electron chi connectivity index (χ0n) is 21.9. The Morgan fingerprint density at radius 1 is 0.564 bits per heavy atom. The third kappa shape index (κ3) is 3.06. The van der Waals surface area contributed by atoms with Crippen LogP contribution < -0.4 is 21.0 Å². The van der Waals surface area contributed by atoms with E-state index in [0.29, 0.717) is 33.0 Å². The van der Waals surface area contributed by atoms with Gasteiger partial charge in [-0.1, -0.05) is 0 Å². The summed E-state index contributed by atoms with van der Waals surface area (Å²) in [5, 5.41) is 4.74. The van der Waals surface area contributed by atoms with E-state index in [1.54, 1.807) is 0 Å². The van der Waals surface area contributed by atoms with Crippen LogP contribution in [0, 0.1) is 0 Å². The number of hydrogen-bond donors (Lipinski definition) is 0. The molecule has 0 aliphatic carbocycles. The molecule has 0 atom stereocenters. The van der Waals surface area contributed by atoms with Gasteiger partial charge >= 0.3 is 230 Å². The molecular formula is C32H32O5PSi-. The predicted molar refractivity (Wildman–Crippen MR) is 156 cm³/mol. The quantitative estimate of drug-likeness (QED) is 0.197. The fourth-order valence-electron chi connectivity index (χ4n) is 7.42. The maximum atomic E-state index is 6.99. The van der Waals surface area contributed by atoms with Crippen molar-refractivity contribution < 1.29 is 22.3 Å². The SMILES string of the molecule is c1ccc2c(c1)CO[Si-]21(OCCCCP23(OCc4ccccc42)OCc2ccccc23)OCc2ccccc21. The van der Waals surface area contributed by atoms with Gasteiger partial charge in [-0.05, 0) is 0 Å². The Morgan fingerprint density at radius 3 is 1.62 bits per heavy atom. The normalized spacial score (nSPS) is 23.7. The molecule has 0 aromatic heterocycles. The minimum absolute atomic E-state index is 0.518. The van der Waals surface area contributed by atoms with Crippen LogP contribution in [-0.4, -0.2) is 20.9 Å². The van der Waals surface area contributed by atoms with Crippen LogP contribution in [-0.2, 0) is 48.8 Å². The van der Waals surface area contributed by atoms with Crippen molar-refractivity contribution in [1.82, 2.24) is 0 Å². The van der Waals surface area contributed by atoms with Crippen LogP contribution in [0.25, 0.3) is 0 Å². The summed E-state index contributed by atoms with van der Waals surface area (Å²) in [6.07, 6.45) is 2.62. The van der Waals surface area contributed by atoms with Gasteiger partial charge in [-0.25, -0.2) is 0 Å². The van der Waals surface area contributed by atoms with Crippen LogP contribution in [0.1, 0.15) is 35.1 Å². The van der Waals surface area contributed by atoms with E-state index in [1.165, 1.54) is 32.9 Å². The number of benzene rings is 4. The van der Waals surface area contributed by atoms with Gasteiger partial charge in [0.15, 0.2) is 0 Å². The average Bonchev–Trinajstić information content (AvgIpc) is 3.72. The van der Waals surface area contributed by atoms with Crippen molar-refractivity contribution in [2.45, 2.75) is 39.3 Å². The monoisotopic (exact) mass is 555 g/mol. The average molecular weight is 556 g/mol. The summed E-state index contributed by atoms with van der Waals surface area (Å²) in [5.74, 6) is 0. The van der Waals surface area contributed by atoms with Gasteiger partial charge in [-0.3, -0.25) is 0 Å². The van der Waals surface area contributed by atoms with Crippen LogP contribution in [0.15, 0.2) is 97.1 Å². The molecule has 0 N–H and O–H groups in total. The summed E-state index contributed by atoms with van der Waals surface area (Å²) in [5.41, 5.74) is 4.83. The van der Waals surface area contributed by atoms with Gasteiger partial charge in [0.05, 0.1) is 0 Å². The van der Waals surface area contributed by atoms with Crippen LogP contribution >= 0.6 is 7.06 Å². The number of hydrogen-bond acceptors (Lipinski definition) is 5. The molecule has 0 saturated heterocycles. The van der Waals surface area contributed by atoms with E-state index in [2.05, 4.69) is 97.1 Å². The molecule has 0 radical (unpaired) electrons. The summed E-state index contributed by atoms with van der Waals surface area (Å²) in [7, 11) is -7.20. The number of rotatable bonds is 6. The van der Waals surface area contributed by atoms with Gasteiger partial charge in [-0.2, -0.15) is 0 Å². The van der Waals surface area contributed by atoms with E-state index in [1.807, 2.05) is 0 Å². The summed E-state index contributed by atoms with van der Waals surface area (Å²) in [6.45, 7) is 2.79. The topological polar surface area (TPSA) is 46.2 Å². The van der Waals surface area contributed by atoms with Crippen LogP contribution in [0.2, 0.25) is 0 Å². The van der Waals surface area contributed by atoms with E-state index < -0.39 is 15.1 Å². The maximum absolute atomic E-state index is 6.99. The molecule has 4 heterocycles. The molecule has 4 aliphatic rings. The molecule has 0 amide bonds. The second-order valence-corrected chi connectivity index (χ2v) is 19.2. The first-order valence-corrected chi connectivity index (χ1v) is 18.4. The van der Waals surface area contributed by atoms with Crippen molar-refractivity contribution in [3.05, 3.63) is 119 Å². The first-order chi connectivity index (χ1) is 19.2. The van der Waals surface area contributed by atoms with Crippen molar-refractivity contribution >= 4 is 36.1 Å². The van der Waals surface area contributed by atoms with Crippen molar-refractivity contribution in [2.24, 2.45) is 0 Å². The molecule has 0 saturated carbocycles. The van der Waals surface area contributed by atoms with Crippen molar-refractivity contribution in [3.8, 4) is 0 Å². The minimum atomic E-state index is -3.99. The second kappa shape index (κ2) is 8.42. The first kappa shape index (κ1) is 24.2. The van der Waals surface area contributed by atoms with Gasteiger partial charge in [0, 0.05) is 0 Å². The molecule has 7 heteroatoms. The Hall–Kier alpha value is -2.67. The second-order valence-electron chi connectivity index (χ2n) is 11.1. The predicted octanol–water partition coefficient (Wildman–Crippen LogP) is 4.65. The van der Waals surface area contributed by atoms with E-state index in [-0.39, 0.29) is 0 Å². The third-order valence-corrected chi connectivity index (χ3v) is 19.4. The summed E-state index contributed by atoms with van der Waals surface area (Å²) >= 11 is 0. The molecular weight excluding hydrogens is 523 g/mol. The molecule has 39 heavy (non-hydrogen) atoms. The number of fused-ring (bicyclic) bond motifs is 8. The van der Waals surface area contributed by atoms with Gasteiger partial charge in [0.25, 0.3) is 0 Å². The van der Waals surface area contributed by atoms with Gasteiger partial charge in [0.2, 0.25) is 0 Å². The molecule has 0 fully saturated rings. The van der Waals surface area contributed by atoms with Crippen LogP contribution in [0.5, 0.6) is 0 Å². The molecule has 0 bridgehead atoms. The molecule has 5 nitrogen and oxygen atoms in total. The van der Waals surface area contributed by atoms with Gasteiger partial charge < -0.3 is 0 Å². The fourth-order valence-corrected chi connectivity index (χ4v) is 17.9. The molecule has 2 spiro atoms. The molecule has 0 unspecified atom stereocenters. The Bertz CT molecular complexity index is 1390. The van der Waals surface area contributed by atoms with E-state index >= 15 is 0 Å². The fraction of sp³-hybridized carbons (Fsp3) is 0.250. The third-order valence-electron chi connectivity index (χ3n) is 9.21. The molecule has 200 valence electrons. The summed E-state index contributed by atoms with van der Waals surface area (Å²) in [4.78, 5) is 0. The van der Waals surface area contributed by atoms with Gasteiger partial charge in [0.1, 0.15) is 0 Å². The van der Waals surface area contributed by atoms with Crippen molar-refractivity contribution in [1.29, 1.82) is 0 Å². The Balaban J connectivity index is 1.10. The Kier molecular flexibility index (Phi) is 5.21. The van der Waals surface area contributed by atoms with Crippen molar-refractivity contribution in [3.63, 3.8) is 0 Å². The van der Waals surface area contributed by atoms with E-state index in [0.717, 1.165) is 29.4 Å². The Morgan fingerprint density at radius 2 is 1.05 bits per heavy atom. The number of unbranched alkanes of at least 4 members (excludes halogenated alkanes) is 1. The summed E-state index contributed by atoms with van der Waals surface area (Å²) < 4.78 is 34.2. The standard InChI is InChI=1S/C32H32O5PSi/c1-5-15-29-25(11-1)21-33-38(29,30-16-6-2-12-26(30)22-34-38)20-10-9-19-35-39(31-17-7-3-13-27(31)23-36-39)32-18-8-4-14-28(32)24-37-39/h1-8,11-18H,9-10,19-24H2/q-1. The molecule has 4 aliphatic heterocycles.